The van der Waals surface area contributed by atoms with Gasteiger partial charge in [-0.1, -0.05) is 49.1 Å². The SMILES string of the molecule is Clc1ccccc1-c1cn[nH]c1NCC1CCCCC1. The lowest BCUT2D eigenvalue weighted by atomic mass is 9.89. The van der Waals surface area contributed by atoms with Crippen LogP contribution in [0.2, 0.25) is 5.02 Å². The minimum atomic E-state index is 0.759. The van der Waals surface area contributed by atoms with Crippen molar-refractivity contribution in [3.63, 3.8) is 0 Å². The van der Waals surface area contributed by atoms with Crippen molar-refractivity contribution < 1.29 is 0 Å². The number of benzene rings is 1. The molecule has 1 aromatic carbocycles. The van der Waals surface area contributed by atoms with E-state index in [1.165, 1.54) is 32.1 Å². The Morgan fingerprint density at radius 1 is 1.15 bits per heavy atom. The van der Waals surface area contributed by atoms with E-state index in [0.717, 1.165) is 34.4 Å². The van der Waals surface area contributed by atoms with E-state index in [2.05, 4.69) is 15.5 Å². The number of aromatic amines is 1. The summed E-state index contributed by atoms with van der Waals surface area (Å²) < 4.78 is 0. The van der Waals surface area contributed by atoms with Crippen LogP contribution in [0, 0.1) is 5.92 Å². The molecule has 4 heteroatoms. The van der Waals surface area contributed by atoms with Gasteiger partial charge in [0.15, 0.2) is 0 Å². The highest BCUT2D eigenvalue weighted by molar-refractivity contribution is 6.33. The normalized spacial score (nSPS) is 16.2. The standard InChI is InChI=1S/C16H20ClN3/c17-15-9-5-4-8-13(15)14-11-19-20-16(14)18-10-12-6-2-1-3-7-12/h4-5,8-9,11-12H,1-3,6-7,10H2,(H2,18,19,20). The van der Waals surface area contributed by atoms with Crippen molar-refractivity contribution in [3.05, 3.63) is 35.5 Å². The van der Waals surface area contributed by atoms with Crippen LogP contribution in [0.3, 0.4) is 0 Å². The molecule has 1 fully saturated rings. The molecule has 1 aromatic heterocycles. The maximum Gasteiger partial charge on any atom is 0.129 e. The van der Waals surface area contributed by atoms with Gasteiger partial charge in [0, 0.05) is 22.7 Å². The molecule has 106 valence electrons. The van der Waals surface area contributed by atoms with E-state index in [1.807, 2.05) is 30.5 Å². The molecular weight excluding hydrogens is 270 g/mol. The Bertz CT molecular complexity index is 558. The van der Waals surface area contributed by atoms with Crippen LogP contribution < -0.4 is 5.32 Å². The van der Waals surface area contributed by atoms with Crippen molar-refractivity contribution in [2.45, 2.75) is 32.1 Å². The van der Waals surface area contributed by atoms with Gasteiger partial charge in [-0.3, -0.25) is 5.10 Å². The zero-order chi connectivity index (χ0) is 13.8. The monoisotopic (exact) mass is 289 g/mol. The van der Waals surface area contributed by atoms with E-state index in [-0.39, 0.29) is 0 Å². The lowest BCUT2D eigenvalue weighted by Crippen LogP contribution is -2.17. The highest BCUT2D eigenvalue weighted by Gasteiger charge is 2.15. The van der Waals surface area contributed by atoms with Gasteiger partial charge in [-0.05, 0) is 24.8 Å². The Hall–Kier alpha value is -1.48. The Balaban J connectivity index is 1.72. The Morgan fingerprint density at radius 2 is 1.95 bits per heavy atom. The van der Waals surface area contributed by atoms with Crippen LogP contribution in [0.5, 0.6) is 0 Å². The van der Waals surface area contributed by atoms with Gasteiger partial charge in [0.1, 0.15) is 5.82 Å². The minimum Gasteiger partial charge on any atom is -0.370 e. The van der Waals surface area contributed by atoms with Gasteiger partial charge in [-0.2, -0.15) is 5.10 Å². The molecule has 3 nitrogen and oxygen atoms in total. The molecule has 1 heterocycles. The molecular formula is C16H20ClN3. The Morgan fingerprint density at radius 3 is 2.75 bits per heavy atom. The fourth-order valence-corrected chi connectivity index (χ4v) is 3.18. The van der Waals surface area contributed by atoms with E-state index in [9.17, 15) is 0 Å². The van der Waals surface area contributed by atoms with Crippen molar-refractivity contribution in [1.29, 1.82) is 0 Å². The van der Waals surface area contributed by atoms with Gasteiger partial charge >= 0.3 is 0 Å². The second kappa shape index (κ2) is 6.31. The molecule has 0 amide bonds. The zero-order valence-corrected chi connectivity index (χ0v) is 12.3. The molecule has 0 radical (unpaired) electrons. The van der Waals surface area contributed by atoms with Gasteiger partial charge in [-0.25, -0.2) is 0 Å². The second-order valence-electron chi connectivity index (χ2n) is 5.52. The topological polar surface area (TPSA) is 40.7 Å². The second-order valence-corrected chi connectivity index (χ2v) is 5.93. The molecule has 0 spiro atoms. The predicted molar refractivity (Wildman–Crippen MR) is 84.1 cm³/mol. The fourth-order valence-electron chi connectivity index (χ4n) is 2.94. The number of H-pyrrole nitrogens is 1. The van der Waals surface area contributed by atoms with Crippen LogP contribution >= 0.6 is 11.6 Å². The number of nitrogens with one attached hydrogen (secondary N) is 2. The lowest BCUT2D eigenvalue weighted by Gasteiger charge is -2.22. The molecule has 1 aliphatic carbocycles. The summed E-state index contributed by atoms with van der Waals surface area (Å²) in [7, 11) is 0. The number of halogens is 1. The fraction of sp³-hybridized carbons (Fsp3) is 0.438. The summed E-state index contributed by atoms with van der Waals surface area (Å²) in [5.74, 6) is 1.76. The molecule has 3 rings (SSSR count). The van der Waals surface area contributed by atoms with Crippen LogP contribution in [-0.2, 0) is 0 Å². The number of nitrogens with zero attached hydrogens (tertiary/aromatic N) is 1. The van der Waals surface area contributed by atoms with E-state index >= 15 is 0 Å². The third-order valence-corrected chi connectivity index (χ3v) is 4.43. The van der Waals surface area contributed by atoms with E-state index in [1.54, 1.807) is 0 Å². The molecule has 1 aliphatic rings. The third kappa shape index (κ3) is 2.98. The summed E-state index contributed by atoms with van der Waals surface area (Å²) in [6.45, 7) is 1.01. The first-order valence-corrected chi connectivity index (χ1v) is 7.74. The van der Waals surface area contributed by atoms with Crippen molar-refractivity contribution in [1.82, 2.24) is 10.2 Å². The number of anilines is 1. The summed E-state index contributed by atoms with van der Waals surface area (Å²) in [5, 5.41) is 11.5. The molecule has 1 saturated carbocycles. The number of rotatable bonds is 4. The van der Waals surface area contributed by atoms with Crippen molar-refractivity contribution in [2.75, 3.05) is 11.9 Å². The lowest BCUT2D eigenvalue weighted by molar-refractivity contribution is 0.373. The first-order valence-electron chi connectivity index (χ1n) is 7.37. The summed E-state index contributed by atoms with van der Waals surface area (Å²) in [4.78, 5) is 0. The average Bonchev–Trinajstić information content (AvgIpc) is 2.95. The summed E-state index contributed by atoms with van der Waals surface area (Å²) in [5.41, 5.74) is 2.07. The molecule has 0 bridgehead atoms. The smallest absolute Gasteiger partial charge is 0.129 e. The maximum atomic E-state index is 6.27. The first-order chi connectivity index (χ1) is 9.84. The van der Waals surface area contributed by atoms with Crippen LogP contribution in [0.25, 0.3) is 11.1 Å². The summed E-state index contributed by atoms with van der Waals surface area (Å²) in [6.07, 6.45) is 8.64. The van der Waals surface area contributed by atoms with Crippen molar-refractivity contribution >= 4 is 17.4 Å². The van der Waals surface area contributed by atoms with Crippen LogP contribution in [0.15, 0.2) is 30.5 Å². The van der Waals surface area contributed by atoms with Gasteiger partial charge in [0.25, 0.3) is 0 Å². The molecule has 2 N–H and O–H groups in total. The van der Waals surface area contributed by atoms with E-state index in [4.69, 9.17) is 11.6 Å². The van der Waals surface area contributed by atoms with Gasteiger partial charge in [-0.15, -0.1) is 0 Å². The van der Waals surface area contributed by atoms with Crippen molar-refractivity contribution in [2.24, 2.45) is 5.92 Å². The Kier molecular flexibility index (Phi) is 4.26. The molecule has 20 heavy (non-hydrogen) atoms. The maximum absolute atomic E-state index is 6.27. The van der Waals surface area contributed by atoms with Crippen LogP contribution in [0.1, 0.15) is 32.1 Å². The van der Waals surface area contributed by atoms with Crippen LogP contribution in [-0.4, -0.2) is 16.7 Å². The number of hydrogen-bond donors (Lipinski definition) is 2. The largest absolute Gasteiger partial charge is 0.370 e. The molecule has 0 saturated heterocycles. The predicted octanol–water partition coefficient (Wildman–Crippen LogP) is 4.72. The van der Waals surface area contributed by atoms with E-state index in [0.29, 0.717) is 0 Å². The number of hydrogen-bond acceptors (Lipinski definition) is 2. The van der Waals surface area contributed by atoms with E-state index < -0.39 is 0 Å². The minimum absolute atomic E-state index is 0.759. The highest BCUT2D eigenvalue weighted by atomic mass is 35.5. The van der Waals surface area contributed by atoms with Crippen molar-refractivity contribution in [3.8, 4) is 11.1 Å². The summed E-state index contributed by atoms with van der Waals surface area (Å²) in [6, 6.07) is 7.88. The molecule has 0 unspecified atom stereocenters. The highest BCUT2D eigenvalue weighted by Crippen LogP contribution is 2.32. The molecule has 2 aromatic rings. The zero-order valence-electron chi connectivity index (χ0n) is 11.5. The molecule has 0 aliphatic heterocycles. The van der Waals surface area contributed by atoms with Gasteiger partial charge in [0.2, 0.25) is 0 Å². The van der Waals surface area contributed by atoms with Crippen LogP contribution in [0.4, 0.5) is 5.82 Å². The third-order valence-electron chi connectivity index (χ3n) is 4.10. The first kappa shape index (κ1) is 13.5. The summed E-state index contributed by atoms with van der Waals surface area (Å²) >= 11 is 6.27. The quantitative estimate of drug-likeness (QED) is 0.855. The average molecular weight is 290 g/mol. The molecule has 0 atom stereocenters. The van der Waals surface area contributed by atoms with Gasteiger partial charge in [0.05, 0.1) is 6.20 Å². The Labute approximate surface area is 124 Å². The van der Waals surface area contributed by atoms with Gasteiger partial charge < -0.3 is 5.32 Å². The number of aromatic nitrogens is 2.